The number of benzene rings is 1. The Labute approximate surface area is 193 Å². The summed E-state index contributed by atoms with van der Waals surface area (Å²) in [5.41, 5.74) is -2.10. The quantitative estimate of drug-likeness (QED) is 0.540. The van der Waals surface area contributed by atoms with Crippen LogP contribution in [0.15, 0.2) is 23.0 Å². The third-order valence-electron chi connectivity index (χ3n) is 5.97. The average molecular weight is 496 g/mol. The fourth-order valence-corrected chi connectivity index (χ4v) is 5.26. The number of likely N-dealkylation sites (N-methyl/N-ethyl adjacent to an activating group) is 1. The molecule has 0 bridgehead atoms. The topological polar surface area (TPSA) is 138 Å². The number of carbonyl (C=O) groups is 2. The molecular formula is C21H22F2N4O6S. The maximum atomic E-state index is 14.0. The van der Waals surface area contributed by atoms with Crippen LogP contribution in [-0.4, -0.2) is 54.2 Å². The molecule has 0 fully saturated rings. The van der Waals surface area contributed by atoms with E-state index in [2.05, 4.69) is 10.0 Å². The van der Waals surface area contributed by atoms with Gasteiger partial charge in [0.15, 0.2) is 11.4 Å². The molecule has 34 heavy (non-hydrogen) atoms. The first-order valence-electron chi connectivity index (χ1n) is 10.4. The Balaban J connectivity index is 1.82. The number of carbonyl (C=O) groups excluding carboxylic acids is 2. The molecule has 3 N–H and O–H groups in total. The van der Waals surface area contributed by atoms with E-state index in [4.69, 9.17) is 0 Å². The van der Waals surface area contributed by atoms with Crippen LogP contribution in [0.25, 0.3) is 0 Å². The molecule has 10 nitrogen and oxygen atoms in total. The van der Waals surface area contributed by atoms with E-state index in [1.807, 2.05) is 0 Å². The molecule has 2 atom stereocenters. The minimum Gasteiger partial charge on any atom is -0.503 e. The number of amides is 2. The van der Waals surface area contributed by atoms with E-state index in [1.54, 1.807) is 6.92 Å². The predicted molar refractivity (Wildman–Crippen MR) is 116 cm³/mol. The number of nitrogens with zero attached hydrogens (tertiary/aromatic N) is 2. The summed E-state index contributed by atoms with van der Waals surface area (Å²) < 4.78 is 54.8. The van der Waals surface area contributed by atoms with E-state index in [9.17, 15) is 36.7 Å². The van der Waals surface area contributed by atoms with Crippen molar-refractivity contribution in [3.63, 3.8) is 0 Å². The summed E-state index contributed by atoms with van der Waals surface area (Å²) in [4.78, 5) is 40.4. The molecule has 2 aliphatic rings. The van der Waals surface area contributed by atoms with Crippen molar-refractivity contribution in [2.75, 3.05) is 19.3 Å². The monoisotopic (exact) mass is 496 g/mol. The summed E-state index contributed by atoms with van der Waals surface area (Å²) in [5.74, 6) is -4.24. The Kier molecular flexibility index (Phi) is 5.94. The molecule has 3 heterocycles. The van der Waals surface area contributed by atoms with Crippen molar-refractivity contribution < 1.29 is 31.9 Å². The van der Waals surface area contributed by atoms with E-state index in [1.165, 1.54) is 9.47 Å². The number of sulfonamides is 1. The Bertz CT molecular complexity index is 1370. The van der Waals surface area contributed by atoms with Crippen molar-refractivity contribution in [2.24, 2.45) is 0 Å². The highest BCUT2D eigenvalue weighted by Gasteiger charge is 2.45. The number of pyridine rings is 1. The van der Waals surface area contributed by atoms with Crippen molar-refractivity contribution in [1.29, 1.82) is 0 Å². The molecule has 1 aromatic heterocycles. The van der Waals surface area contributed by atoms with Crippen LogP contribution in [-0.2, 0) is 16.6 Å². The number of nitrogens with one attached hydrogen (secondary N) is 2. The zero-order valence-corrected chi connectivity index (χ0v) is 19.1. The van der Waals surface area contributed by atoms with Gasteiger partial charge in [0, 0.05) is 31.3 Å². The minimum absolute atomic E-state index is 0.0468. The molecule has 2 amide bonds. The van der Waals surface area contributed by atoms with Gasteiger partial charge in [0.25, 0.3) is 11.8 Å². The third kappa shape index (κ3) is 4.05. The van der Waals surface area contributed by atoms with Crippen molar-refractivity contribution in [3.05, 3.63) is 62.6 Å². The van der Waals surface area contributed by atoms with E-state index in [0.717, 1.165) is 18.4 Å². The number of aromatic hydroxyl groups is 1. The highest BCUT2D eigenvalue weighted by molar-refractivity contribution is 7.88. The predicted octanol–water partition coefficient (Wildman–Crippen LogP) is 0.773. The van der Waals surface area contributed by atoms with Crippen LogP contribution in [0.2, 0.25) is 0 Å². The number of aromatic nitrogens is 1. The molecule has 0 saturated heterocycles. The highest BCUT2D eigenvalue weighted by atomic mass is 32.2. The summed E-state index contributed by atoms with van der Waals surface area (Å²) in [6.45, 7) is 1.82. The largest absolute Gasteiger partial charge is 0.503 e. The number of rotatable bonds is 6. The fourth-order valence-electron chi connectivity index (χ4n) is 4.54. The van der Waals surface area contributed by atoms with Crippen LogP contribution in [0.5, 0.6) is 5.75 Å². The highest BCUT2D eigenvalue weighted by Crippen LogP contribution is 2.42. The second-order valence-corrected chi connectivity index (χ2v) is 10.0. The first-order chi connectivity index (χ1) is 15.9. The van der Waals surface area contributed by atoms with Crippen LogP contribution in [0.3, 0.4) is 0 Å². The fraction of sp³-hybridized carbons (Fsp3) is 0.381. The normalized spacial score (nSPS) is 19.3. The van der Waals surface area contributed by atoms with Gasteiger partial charge < -0.3 is 19.9 Å². The molecular weight excluding hydrogens is 474 g/mol. The van der Waals surface area contributed by atoms with Crippen molar-refractivity contribution >= 4 is 21.8 Å². The molecule has 1 aromatic carbocycles. The molecule has 13 heteroatoms. The molecule has 4 rings (SSSR count). The van der Waals surface area contributed by atoms with Crippen molar-refractivity contribution in [1.82, 2.24) is 19.5 Å². The van der Waals surface area contributed by atoms with E-state index in [-0.39, 0.29) is 29.9 Å². The second kappa shape index (κ2) is 8.47. The minimum atomic E-state index is -3.78. The van der Waals surface area contributed by atoms with Crippen LogP contribution < -0.4 is 15.5 Å². The van der Waals surface area contributed by atoms with E-state index in [0.29, 0.717) is 12.6 Å². The lowest BCUT2D eigenvalue weighted by Crippen LogP contribution is -2.44. The number of hydrogen-bond acceptors (Lipinski definition) is 6. The Morgan fingerprint density at radius 1 is 1.26 bits per heavy atom. The van der Waals surface area contributed by atoms with Crippen molar-refractivity contribution in [2.45, 2.75) is 32.0 Å². The van der Waals surface area contributed by atoms with Gasteiger partial charge in [0.1, 0.15) is 17.2 Å². The van der Waals surface area contributed by atoms with Crippen LogP contribution in [0.4, 0.5) is 8.78 Å². The Morgan fingerprint density at radius 2 is 1.97 bits per heavy atom. The lowest BCUT2D eigenvalue weighted by atomic mass is 10.0. The maximum Gasteiger partial charge on any atom is 0.274 e. The Hall–Kier alpha value is -3.32. The van der Waals surface area contributed by atoms with Gasteiger partial charge in [-0.3, -0.25) is 14.4 Å². The number of halogens is 2. The number of hydrogen-bond donors (Lipinski definition) is 3. The van der Waals surface area contributed by atoms with Crippen molar-refractivity contribution in [3.8, 4) is 5.75 Å². The van der Waals surface area contributed by atoms with E-state index < -0.39 is 68.8 Å². The molecule has 0 aliphatic carbocycles. The van der Waals surface area contributed by atoms with Gasteiger partial charge >= 0.3 is 0 Å². The molecule has 2 aromatic rings. The van der Waals surface area contributed by atoms with Crippen LogP contribution in [0, 0.1) is 11.6 Å². The molecule has 2 aliphatic heterocycles. The molecule has 0 spiro atoms. The molecule has 0 radical (unpaired) electrons. The SMILES string of the molecule is CCN1CC2CC(NS(C)(=O)=O)c3c(C(=O)NCc4ccc(F)cc4F)c(=O)c(O)c(n32)C1=O. The lowest BCUT2D eigenvalue weighted by molar-refractivity contribution is 0.0675. The van der Waals surface area contributed by atoms with E-state index >= 15 is 0 Å². The summed E-state index contributed by atoms with van der Waals surface area (Å²) >= 11 is 0. The maximum absolute atomic E-state index is 14.0. The standard InChI is InChI=1S/C21H22F2N4O6S/c1-3-26-9-12-7-14(25-34(2,32)33)16-15(18(28)19(29)17(21(26)31)27(12)16)20(30)24-8-10-4-5-11(22)6-13(10)23/h4-6,12,14,25,29H,3,7-9H2,1-2H3,(H,24,30). The molecule has 2 unspecified atom stereocenters. The third-order valence-corrected chi connectivity index (χ3v) is 6.68. The van der Waals surface area contributed by atoms with Gasteiger partial charge in [-0.15, -0.1) is 0 Å². The zero-order chi connectivity index (χ0) is 24.9. The van der Waals surface area contributed by atoms with Crippen LogP contribution in [0.1, 0.15) is 57.5 Å². The van der Waals surface area contributed by atoms with Gasteiger partial charge in [0.05, 0.1) is 24.0 Å². The summed E-state index contributed by atoms with van der Waals surface area (Å²) in [7, 11) is -3.78. The molecule has 0 saturated carbocycles. The smallest absolute Gasteiger partial charge is 0.274 e. The van der Waals surface area contributed by atoms with Gasteiger partial charge in [-0.2, -0.15) is 0 Å². The second-order valence-electron chi connectivity index (χ2n) is 8.25. The van der Waals surface area contributed by atoms with Gasteiger partial charge in [-0.1, -0.05) is 6.07 Å². The first-order valence-corrected chi connectivity index (χ1v) is 12.3. The summed E-state index contributed by atoms with van der Waals surface area (Å²) in [5, 5.41) is 13.0. The van der Waals surface area contributed by atoms with Gasteiger partial charge in [-0.05, 0) is 19.4 Å². The summed E-state index contributed by atoms with van der Waals surface area (Å²) in [6, 6.07) is 1.27. The zero-order valence-electron chi connectivity index (χ0n) is 18.3. The first kappa shape index (κ1) is 23.8. The van der Waals surface area contributed by atoms with Crippen LogP contribution >= 0.6 is 0 Å². The molecule has 182 valence electrons. The Morgan fingerprint density at radius 3 is 2.59 bits per heavy atom. The summed E-state index contributed by atoms with van der Waals surface area (Å²) in [6.07, 6.45) is 1.06. The van der Waals surface area contributed by atoms with Gasteiger partial charge in [-0.25, -0.2) is 21.9 Å². The lowest BCUT2D eigenvalue weighted by Gasteiger charge is -2.33. The van der Waals surface area contributed by atoms with Gasteiger partial charge in [0.2, 0.25) is 15.5 Å². The average Bonchev–Trinajstić information content (AvgIpc) is 3.07.